The molecule has 4 rings (SSSR count). The van der Waals surface area contributed by atoms with Gasteiger partial charge >= 0.3 is 0 Å². The third-order valence-corrected chi connectivity index (χ3v) is 5.61. The highest BCUT2D eigenvalue weighted by Gasteiger charge is 2.46. The van der Waals surface area contributed by atoms with Crippen molar-refractivity contribution in [1.29, 1.82) is 0 Å². The highest BCUT2D eigenvalue weighted by Crippen LogP contribution is 2.34. The maximum absolute atomic E-state index is 13.3. The Kier molecular flexibility index (Phi) is 5.84. The van der Waals surface area contributed by atoms with Gasteiger partial charge in [0, 0.05) is 18.7 Å². The number of rotatable bonds is 6. The monoisotopic (exact) mass is 418 g/mol. The first kappa shape index (κ1) is 20.8. The lowest BCUT2D eigenvalue weighted by Gasteiger charge is -2.31. The number of amides is 2. The Morgan fingerprint density at radius 2 is 1.68 bits per heavy atom. The van der Waals surface area contributed by atoms with E-state index in [1.165, 1.54) is 10.0 Å². The fourth-order valence-electron chi connectivity index (χ4n) is 4.09. The van der Waals surface area contributed by atoms with Gasteiger partial charge in [0.25, 0.3) is 5.91 Å². The van der Waals surface area contributed by atoms with Gasteiger partial charge in [0.05, 0.1) is 29.8 Å². The molecule has 0 aliphatic carbocycles. The second kappa shape index (κ2) is 8.71. The van der Waals surface area contributed by atoms with Gasteiger partial charge < -0.3 is 4.74 Å². The molecule has 0 spiro atoms. The SMILES string of the molecule is CCOc1ccc(C2=NN(CC)C(=O)[C@@H]([C@@H]3C(=O)N(c4ccccc4)N=C3C)C2)cc1. The molecule has 160 valence electrons. The van der Waals surface area contributed by atoms with Gasteiger partial charge in [-0.15, -0.1) is 0 Å². The first-order valence-electron chi connectivity index (χ1n) is 10.6. The molecule has 2 aliphatic rings. The summed E-state index contributed by atoms with van der Waals surface area (Å²) < 4.78 is 5.52. The molecule has 0 radical (unpaired) electrons. The average molecular weight is 418 g/mol. The topological polar surface area (TPSA) is 74.6 Å². The third-order valence-electron chi connectivity index (χ3n) is 5.61. The number of anilines is 1. The molecule has 0 aromatic heterocycles. The molecule has 0 unspecified atom stereocenters. The molecule has 2 amide bonds. The second-order valence-corrected chi connectivity index (χ2v) is 7.57. The van der Waals surface area contributed by atoms with Crippen LogP contribution in [0.3, 0.4) is 0 Å². The van der Waals surface area contributed by atoms with Crippen LogP contribution in [0.15, 0.2) is 64.8 Å². The van der Waals surface area contributed by atoms with Crippen LogP contribution in [0.4, 0.5) is 5.69 Å². The second-order valence-electron chi connectivity index (χ2n) is 7.57. The van der Waals surface area contributed by atoms with Crippen LogP contribution in [0.1, 0.15) is 32.8 Å². The van der Waals surface area contributed by atoms with Crippen molar-refractivity contribution < 1.29 is 14.3 Å². The van der Waals surface area contributed by atoms with Crippen LogP contribution in [0.2, 0.25) is 0 Å². The lowest BCUT2D eigenvalue weighted by molar-refractivity contribution is -0.139. The summed E-state index contributed by atoms with van der Waals surface area (Å²) in [6.45, 7) is 6.68. The molecule has 2 aromatic rings. The van der Waals surface area contributed by atoms with Gasteiger partial charge in [-0.1, -0.05) is 18.2 Å². The molecular weight excluding hydrogens is 392 g/mol. The summed E-state index contributed by atoms with van der Waals surface area (Å²) in [6, 6.07) is 17.0. The van der Waals surface area contributed by atoms with E-state index in [0.29, 0.717) is 31.0 Å². The molecule has 0 bridgehead atoms. The normalized spacial score (nSPS) is 21.3. The number of carbonyl (C=O) groups excluding carboxylic acids is 2. The average Bonchev–Trinajstić information content (AvgIpc) is 3.09. The number of hydrazone groups is 2. The standard InChI is InChI=1S/C24H26N4O3/c1-4-27-23(29)20(15-21(26-27)17-11-13-19(14-12-17)31-5-2)22-16(3)25-28(24(22)30)18-9-7-6-8-10-18/h6-14,20,22H,4-5,15H2,1-3H3/t20-,22-/m1/s1. The minimum atomic E-state index is -0.602. The maximum atomic E-state index is 13.3. The van der Waals surface area contributed by atoms with E-state index >= 15 is 0 Å². The molecule has 7 nitrogen and oxygen atoms in total. The molecule has 0 saturated heterocycles. The van der Waals surface area contributed by atoms with Crippen molar-refractivity contribution in [1.82, 2.24) is 5.01 Å². The minimum absolute atomic E-state index is 0.139. The highest BCUT2D eigenvalue weighted by molar-refractivity contribution is 6.18. The first-order chi connectivity index (χ1) is 15.0. The molecule has 31 heavy (non-hydrogen) atoms. The maximum Gasteiger partial charge on any atom is 0.257 e. The van der Waals surface area contributed by atoms with Crippen LogP contribution in [0, 0.1) is 11.8 Å². The van der Waals surface area contributed by atoms with Crippen LogP contribution in [0.5, 0.6) is 5.75 Å². The zero-order valence-electron chi connectivity index (χ0n) is 18.0. The van der Waals surface area contributed by atoms with Gasteiger partial charge in [0.1, 0.15) is 5.75 Å². The number of hydrogen-bond acceptors (Lipinski definition) is 5. The summed E-state index contributed by atoms with van der Waals surface area (Å²) in [5.74, 6) is -0.667. The van der Waals surface area contributed by atoms with Crippen molar-refractivity contribution in [3.05, 3.63) is 60.2 Å². The zero-order valence-corrected chi connectivity index (χ0v) is 18.0. The quantitative estimate of drug-likeness (QED) is 0.718. The smallest absolute Gasteiger partial charge is 0.257 e. The number of ether oxygens (including phenoxy) is 1. The molecule has 2 aromatic carbocycles. The summed E-state index contributed by atoms with van der Waals surface area (Å²) in [7, 11) is 0. The fraction of sp³-hybridized carbons (Fsp3) is 0.333. The van der Waals surface area contributed by atoms with Gasteiger partial charge in [0.15, 0.2) is 0 Å². The van der Waals surface area contributed by atoms with Crippen molar-refractivity contribution in [3.8, 4) is 5.75 Å². The first-order valence-corrected chi connectivity index (χ1v) is 10.6. The van der Waals surface area contributed by atoms with Crippen molar-refractivity contribution in [2.75, 3.05) is 18.2 Å². The molecule has 2 atom stereocenters. The van der Waals surface area contributed by atoms with E-state index in [2.05, 4.69) is 10.2 Å². The molecule has 7 heteroatoms. The molecular formula is C24H26N4O3. The summed E-state index contributed by atoms with van der Waals surface area (Å²) in [6.07, 6.45) is 0.384. The van der Waals surface area contributed by atoms with Crippen LogP contribution in [0.25, 0.3) is 0 Å². The van der Waals surface area contributed by atoms with Crippen LogP contribution >= 0.6 is 0 Å². The van der Waals surface area contributed by atoms with E-state index in [1.807, 2.05) is 75.4 Å². The Hall–Kier alpha value is -3.48. The lowest BCUT2D eigenvalue weighted by atomic mass is 9.81. The zero-order chi connectivity index (χ0) is 22.0. The van der Waals surface area contributed by atoms with E-state index in [1.54, 1.807) is 0 Å². The summed E-state index contributed by atoms with van der Waals surface area (Å²) in [5.41, 5.74) is 3.05. The highest BCUT2D eigenvalue weighted by atomic mass is 16.5. The minimum Gasteiger partial charge on any atom is -0.494 e. The Morgan fingerprint density at radius 3 is 2.32 bits per heavy atom. The molecule has 0 N–H and O–H groups in total. The number of hydrogen-bond donors (Lipinski definition) is 0. The molecule has 0 fully saturated rings. The van der Waals surface area contributed by atoms with E-state index in [4.69, 9.17) is 4.74 Å². The number of nitrogens with zero attached hydrogens (tertiary/aromatic N) is 4. The predicted molar refractivity (Wildman–Crippen MR) is 120 cm³/mol. The van der Waals surface area contributed by atoms with Gasteiger partial charge in [0.2, 0.25) is 5.91 Å². The van der Waals surface area contributed by atoms with E-state index < -0.39 is 11.8 Å². The largest absolute Gasteiger partial charge is 0.494 e. The fourth-order valence-corrected chi connectivity index (χ4v) is 4.09. The van der Waals surface area contributed by atoms with Gasteiger partial charge in [-0.05, 0) is 62.7 Å². The molecule has 2 heterocycles. The van der Waals surface area contributed by atoms with Crippen LogP contribution in [-0.2, 0) is 9.59 Å². The molecule has 2 aliphatic heterocycles. The summed E-state index contributed by atoms with van der Waals surface area (Å²) >= 11 is 0. The summed E-state index contributed by atoms with van der Waals surface area (Å²) in [4.78, 5) is 26.5. The Labute approximate surface area is 182 Å². The van der Waals surface area contributed by atoms with Crippen LogP contribution in [-0.4, -0.2) is 41.4 Å². The van der Waals surface area contributed by atoms with Crippen molar-refractivity contribution in [2.45, 2.75) is 27.2 Å². The Morgan fingerprint density at radius 1 is 0.968 bits per heavy atom. The van der Waals surface area contributed by atoms with Crippen LogP contribution < -0.4 is 9.75 Å². The van der Waals surface area contributed by atoms with E-state index in [9.17, 15) is 9.59 Å². The predicted octanol–water partition coefficient (Wildman–Crippen LogP) is 3.70. The third kappa shape index (κ3) is 3.95. The Bertz CT molecular complexity index is 1030. The van der Waals surface area contributed by atoms with Gasteiger partial charge in [-0.25, -0.2) is 10.0 Å². The molecule has 0 saturated carbocycles. The Balaban J connectivity index is 1.62. The van der Waals surface area contributed by atoms with Crippen molar-refractivity contribution in [3.63, 3.8) is 0 Å². The van der Waals surface area contributed by atoms with E-state index in [-0.39, 0.29) is 11.8 Å². The summed E-state index contributed by atoms with van der Waals surface area (Å²) in [5, 5.41) is 11.9. The number of carbonyl (C=O) groups is 2. The number of benzene rings is 2. The van der Waals surface area contributed by atoms with Gasteiger partial charge in [-0.2, -0.15) is 10.2 Å². The lowest BCUT2D eigenvalue weighted by Crippen LogP contribution is -2.46. The van der Waals surface area contributed by atoms with E-state index in [0.717, 1.165) is 17.0 Å². The van der Waals surface area contributed by atoms with Crippen molar-refractivity contribution >= 4 is 28.9 Å². The van der Waals surface area contributed by atoms with Crippen molar-refractivity contribution in [2.24, 2.45) is 22.0 Å². The number of para-hydroxylation sites is 1. The van der Waals surface area contributed by atoms with Gasteiger partial charge in [-0.3, -0.25) is 9.59 Å².